The van der Waals surface area contributed by atoms with Crippen LogP contribution in [0.3, 0.4) is 0 Å². The normalized spacial score (nSPS) is 12.9. The molecule has 0 aliphatic carbocycles. The van der Waals surface area contributed by atoms with Crippen molar-refractivity contribution < 1.29 is 23.1 Å². The molecule has 0 aliphatic heterocycles. The molecular formula is C21H25F3N2O2. The Morgan fingerprint density at radius 1 is 1.14 bits per heavy atom. The highest BCUT2D eigenvalue weighted by atomic mass is 19.4. The molecule has 1 aromatic carbocycles. The topological polar surface area (TPSA) is 62.2 Å². The number of alkyl halides is 3. The summed E-state index contributed by atoms with van der Waals surface area (Å²) in [7, 11) is 0. The third-order valence-corrected chi connectivity index (χ3v) is 4.47. The Hall–Kier alpha value is -2.41. The summed E-state index contributed by atoms with van der Waals surface area (Å²) in [4.78, 5) is 17.0. The first-order chi connectivity index (χ1) is 13.1. The van der Waals surface area contributed by atoms with E-state index in [1.807, 2.05) is 20.8 Å². The van der Waals surface area contributed by atoms with Crippen molar-refractivity contribution in [1.82, 2.24) is 10.3 Å². The first-order valence-electron chi connectivity index (χ1n) is 9.14. The van der Waals surface area contributed by atoms with Crippen LogP contribution in [0.2, 0.25) is 0 Å². The van der Waals surface area contributed by atoms with Gasteiger partial charge in [0.15, 0.2) is 0 Å². The van der Waals surface area contributed by atoms with Crippen molar-refractivity contribution in [2.75, 3.05) is 13.2 Å². The molecule has 2 rings (SSSR count). The number of benzene rings is 1. The van der Waals surface area contributed by atoms with Crippen molar-refractivity contribution in [2.45, 2.75) is 39.3 Å². The summed E-state index contributed by atoms with van der Waals surface area (Å²) in [6.45, 7) is 5.80. The van der Waals surface area contributed by atoms with E-state index in [1.165, 1.54) is 12.1 Å². The minimum absolute atomic E-state index is 0.0847. The second kappa shape index (κ2) is 9.19. The van der Waals surface area contributed by atoms with E-state index in [4.69, 9.17) is 0 Å². The van der Waals surface area contributed by atoms with Crippen molar-refractivity contribution in [3.63, 3.8) is 0 Å². The van der Waals surface area contributed by atoms with Gasteiger partial charge in [-0.3, -0.25) is 9.78 Å². The van der Waals surface area contributed by atoms with Gasteiger partial charge >= 0.3 is 6.18 Å². The number of aryl methyl sites for hydroxylation is 1. The minimum atomic E-state index is -4.38. The molecule has 4 nitrogen and oxygen atoms in total. The van der Waals surface area contributed by atoms with Gasteiger partial charge in [0.1, 0.15) is 0 Å². The zero-order valence-corrected chi connectivity index (χ0v) is 16.2. The molecular weight excluding hydrogens is 369 g/mol. The molecule has 1 unspecified atom stereocenters. The van der Waals surface area contributed by atoms with Crippen LogP contribution in [0.4, 0.5) is 13.2 Å². The predicted octanol–water partition coefficient (Wildman–Crippen LogP) is 4.11. The van der Waals surface area contributed by atoms with Crippen LogP contribution in [0, 0.1) is 12.8 Å². The van der Waals surface area contributed by atoms with E-state index in [-0.39, 0.29) is 30.9 Å². The largest absolute Gasteiger partial charge is 0.416 e. The number of aromatic nitrogens is 1. The van der Waals surface area contributed by atoms with E-state index in [9.17, 15) is 23.1 Å². The summed E-state index contributed by atoms with van der Waals surface area (Å²) < 4.78 is 37.9. The highest BCUT2D eigenvalue weighted by molar-refractivity contribution is 5.95. The number of hydrogen-bond acceptors (Lipinski definition) is 3. The molecule has 1 aromatic heterocycles. The molecule has 1 atom stereocenters. The molecule has 7 heteroatoms. The molecule has 0 bridgehead atoms. The van der Waals surface area contributed by atoms with Crippen LogP contribution < -0.4 is 5.32 Å². The molecule has 152 valence electrons. The van der Waals surface area contributed by atoms with Gasteiger partial charge in [-0.2, -0.15) is 13.2 Å². The smallest absolute Gasteiger partial charge is 0.396 e. The van der Waals surface area contributed by atoms with Gasteiger partial charge in [0.25, 0.3) is 5.91 Å². The van der Waals surface area contributed by atoms with E-state index in [1.54, 1.807) is 12.1 Å². The van der Waals surface area contributed by atoms with Gasteiger partial charge in [0.2, 0.25) is 0 Å². The number of rotatable bonds is 7. The standard InChI is InChI=1S/C21H25F3N2O2/c1-13(2)19-18(9-4-14(3)26-19)20(28)25-11-16(12-27)10-15-5-7-17(8-6-15)21(22,23)24/h4-9,13,16,27H,10-12H2,1-3H3,(H,25,28). The number of hydrogen-bond donors (Lipinski definition) is 2. The first kappa shape index (κ1) is 21.9. The lowest BCUT2D eigenvalue weighted by molar-refractivity contribution is -0.137. The molecule has 0 aliphatic rings. The number of aliphatic hydroxyl groups excluding tert-OH is 1. The third kappa shape index (κ3) is 5.79. The maximum atomic E-state index is 12.6. The Labute approximate surface area is 162 Å². The highest BCUT2D eigenvalue weighted by Gasteiger charge is 2.30. The van der Waals surface area contributed by atoms with E-state index < -0.39 is 11.7 Å². The van der Waals surface area contributed by atoms with Crippen molar-refractivity contribution in [3.8, 4) is 0 Å². The van der Waals surface area contributed by atoms with Gasteiger partial charge in [-0.1, -0.05) is 26.0 Å². The second-order valence-corrected chi connectivity index (χ2v) is 7.20. The molecule has 2 aromatic rings. The lowest BCUT2D eigenvalue weighted by atomic mass is 9.98. The Morgan fingerprint density at radius 3 is 2.32 bits per heavy atom. The van der Waals surface area contributed by atoms with Crippen molar-refractivity contribution in [1.29, 1.82) is 0 Å². The summed E-state index contributed by atoms with van der Waals surface area (Å²) in [5.41, 5.74) is 1.99. The average Bonchev–Trinajstić information content (AvgIpc) is 2.64. The van der Waals surface area contributed by atoms with Gasteiger partial charge in [0, 0.05) is 24.8 Å². The van der Waals surface area contributed by atoms with Crippen LogP contribution in [0.25, 0.3) is 0 Å². The third-order valence-electron chi connectivity index (χ3n) is 4.47. The molecule has 0 saturated heterocycles. The first-order valence-corrected chi connectivity index (χ1v) is 9.14. The summed E-state index contributed by atoms with van der Waals surface area (Å²) in [5, 5.41) is 12.4. The fourth-order valence-corrected chi connectivity index (χ4v) is 2.91. The number of amides is 1. The quantitative estimate of drug-likeness (QED) is 0.743. The Morgan fingerprint density at radius 2 is 1.79 bits per heavy atom. The number of aliphatic hydroxyl groups is 1. The van der Waals surface area contributed by atoms with Crippen LogP contribution in [0.5, 0.6) is 0 Å². The summed E-state index contributed by atoms with van der Waals surface area (Å²) >= 11 is 0. The molecule has 2 N–H and O–H groups in total. The van der Waals surface area contributed by atoms with Crippen molar-refractivity contribution in [3.05, 3.63) is 64.5 Å². The molecule has 0 saturated carbocycles. The molecule has 1 amide bonds. The monoisotopic (exact) mass is 394 g/mol. The van der Waals surface area contributed by atoms with Gasteiger partial charge in [0.05, 0.1) is 16.8 Å². The van der Waals surface area contributed by atoms with Gasteiger partial charge < -0.3 is 10.4 Å². The molecule has 0 fully saturated rings. The van der Waals surface area contributed by atoms with Crippen LogP contribution >= 0.6 is 0 Å². The zero-order valence-electron chi connectivity index (χ0n) is 16.2. The Bertz CT molecular complexity index is 802. The van der Waals surface area contributed by atoms with Gasteiger partial charge in [-0.05, 0) is 49.1 Å². The van der Waals surface area contributed by atoms with E-state index in [0.29, 0.717) is 23.2 Å². The predicted molar refractivity (Wildman–Crippen MR) is 101 cm³/mol. The molecule has 0 radical (unpaired) electrons. The van der Waals surface area contributed by atoms with E-state index in [2.05, 4.69) is 10.3 Å². The second-order valence-electron chi connectivity index (χ2n) is 7.20. The van der Waals surface area contributed by atoms with E-state index >= 15 is 0 Å². The zero-order chi connectivity index (χ0) is 20.9. The van der Waals surface area contributed by atoms with Crippen LogP contribution in [0.15, 0.2) is 36.4 Å². The number of carbonyl (C=O) groups is 1. The summed E-state index contributed by atoms with van der Waals surface area (Å²) in [6.07, 6.45) is -4.02. The molecule has 0 spiro atoms. The Kier molecular flexibility index (Phi) is 7.18. The van der Waals surface area contributed by atoms with Crippen LogP contribution in [-0.2, 0) is 12.6 Å². The maximum Gasteiger partial charge on any atom is 0.416 e. The minimum Gasteiger partial charge on any atom is -0.396 e. The van der Waals surface area contributed by atoms with Gasteiger partial charge in [-0.25, -0.2) is 0 Å². The van der Waals surface area contributed by atoms with E-state index in [0.717, 1.165) is 17.8 Å². The number of nitrogens with one attached hydrogen (secondary N) is 1. The van der Waals surface area contributed by atoms with Crippen molar-refractivity contribution >= 4 is 5.91 Å². The number of halogens is 3. The number of carbonyl (C=O) groups excluding carboxylic acids is 1. The van der Waals surface area contributed by atoms with Gasteiger partial charge in [-0.15, -0.1) is 0 Å². The molecule has 28 heavy (non-hydrogen) atoms. The number of pyridine rings is 1. The number of nitrogens with zero attached hydrogens (tertiary/aromatic N) is 1. The summed E-state index contributed by atoms with van der Waals surface area (Å²) in [5.74, 6) is -0.495. The Balaban J connectivity index is 2.01. The maximum absolute atomic E-state index is 12.6. The SMILES string of the molecule is Cc1ccc(C(=O)NCC(CO)Cc2ccc(C(F)(F)F)cc2)c(C(C)C)n1. The van der Waals surface area contributed by atoms with Crippen molar-refractivity contribution in [2.24, 2.45) is 5.92 Å². The highest BCUT2D eigenvalue weighted by Crippen LogP contribution is 2.29. The average molecular weight is 394 g/mol. The fraction of sp³-hybridized carbons (Fsp3) is 0.429. The lowest BCUT2D eigenvalue weighted by Gasteiger charge is -2.17. The lowest BCUT2D eigenvalue weighted by Crippen LogP contribution is -2.32. The fourth-order valence-electron chi connectivity index (χ4n) is 2.91. The molecule has 1 heterocycles. The summed E-state index contributed by atoms with van der Waals surface area (Å²) in [6, 6.07) is 8.34. The van der Waals surface area contributed by atoms with Crippen LogP contribution in [0.1, 0.15) is 52.6 Å². The van der Waals surface area contributed by atoms with Crippen LogP contribution in [-0.4, -0.2) is 29.1 Å².